The van der Waals surface area contributed by atoms with E-state index in [1.807, 2.05) is 0 Å². The molecule has 1 unspecified atom stereocenters. The zero-order valence-corrected chi connectivity index (χ0v) is 41.0. The van der Waals surface area contributed by atoms with Gasteiger partial charge in [0.2, 0.25) is 0 Å². The molecule has 5 rings (SSSR count). The summed E-state index contributed by atoms with van der Waals surface area (Å²) in [6.45, 7) is 16.2. The van der Waals surface area contributed by atoms with E-state index in [1.54, 1.807) is 0 Å². The maximum Gasteiger partial charge on any atom is 0.698 e. The van der Waals surface area contributed by atoms with Gasteiger partial charge in [0, 0.05) is 32.1 Å². The van der Waals surface area contributed by atoms with E-state index in [-0.39, 0.29) is 0 Å². The van der Waals surface area contributed by atoms with Crippen molar-refractivity contribution in [3.05, 3.63) is 59.2 Å². The number of allylic oxidation sites excluding steroid dienone is 10. The zero-order valence-electron chi connectivity index (χ0n) is 34.0. The van der Waals surface area contributed by atoms with Crippen LogP contribution in [0.3, 0.4) is 0 Å². The van der Waals surface area contributed by atoms with Crippen molar-refractivity contribution in [2.45, 2.75) is 178 Å². The average molecular weight is 850 g/mol. The molecule has 0 aromatic rings. The van der Waals surface area contributed by atoms with Gasteiger partial charge in [-0.1, -0.05) is 0 Å². The minimum absolute atomic E-state index is 0.475. The van der Waals surface area contributed by atoms with Gasteiger partial charge >= 0.3 is 45.5 Å². The maximum atomic E-state index is 7.46. The summed E-state index contributed by atoms with van der Waals surface area (Å²) >= 11 is 0. The van der Waals surface area contributed by atoms with Gasteiger partial charge in [-0.25, -0.2) is 0 Å². The third kappa shape index (κ3) is 15.2. The van der Waals surface area contributed by atoms with Crippen LogP contribution in [0.1, 0.15) is 96.3 Å². The molecule has 0 saturated carbocycles. The van der Waals surface area contributed by atoms with E-state index in [9.17, 15) is 0 Å². The van der Waals surface area contributed by atoms with Gasteiger partial charge in [-0.05, 0) is 171 Å². The van der Waals surface area contributed by atoms with Gasteiger partial charge in [0.15, 0.2) is 16.6 Å². The lowest BCUT2D eigenvalue weighted by Gasteiger charge is -2.43. The van der Waals surface area contributed by atoms with E-state index in [1.165, 1.54) is 24.4 Å². The molecule has 296 valence electrons. The van der Waals surface area contributed by atoms with Gasteiger partial charge in [0.05, 0.1) is 34.8 Å². The van der Waals surface area contributed by atoms with Crippen LogP contribution in [0.2, 0.25) is 82.1 Å². The molecular weight excluding hydrogens is 781 g/mol. The Morgan fingerprint density at radius 1 is 0.453 bits per heavy atom. The van der Waals surface area contributed by atoms with Gasteiger partial charge in [0.25, 0.3) is 0 Å². The summed E-state index contributed by atoms with van der Waals surface area (Å²) in [6, 6.07) is 5.53. The molecule has 0 amide bonds. The maximum absolute atomic E-state index is 7.46. The Morgan fingerprint density at radius 2 is 0.830 bits per heavy atom. The molecule has 5 aliphatic rings. The van der Waals surface area contributed by atoms with Crippen LogP contribution < -0.4 is 0 Å². The SMILES string of the molecule is C[Si](C)(CC[Si]OC1=CCCC1)O[Si](C)(C)O[Si](C)(CC[Si](OC1=CCCC1)(OC1=CCCC1)OC1=CCCC1)O[Si](C)(C)CC[Si]OC1=CCCC1. The molecule has 1 atom stereocenters. The average Bonchev–Trinajstić information content (AvgIpc) is 3.92. The summed E-state index contributed by atoms with van der Waals surface area (Å²) in [7, 11) is -12.0. The Bertz CT molecular complexity index is 1300. The van der Waals surface area contributed by atoms with Crippen LogP contribution in [0, 0.1) is 0 Å². The molecule has 0 spiro atoms. The molecule has 0 aliphatic heterocycles. The third-order valence-corrected chi connectivity index (χ3v) is 32.0. The van der Waals surface area contributed by atoms with Crippen molar-refractivity contribution in [2.24, 2.45) is 0 Å². The fourth-order valence-electron chi connectivity index (χ4n) is 7.87. The zero-order chi connectivity index (χ0) is 37.8. The number of hydrogen-bond donors (Lipinski definition) is 0. The van der Waals surface area contributed by atoms with E-state index in [0.29, 0.717) is 25.6 Å². The summed E-state index contributed by atoms with van der Waals surface area (Å²) in [5, 5.41) is 0. The largest absolute Gasteiger partial charge is 0.698 e. The van der Waals surface area contributed by atoms with Crippen molar-refractivity contribution in [2.75, 3.05) is 0 Å². The smallest absolute Gasteiger partial charge is 0.544 e. The highest BCUT2D eigenvalue weighted by Gasteiger charge is 2.55. The predicted molar refractivity (Wildman–Crippen MR) is 229 cm³/mol. The van der Waals surface area contributed by atoms with Crippen molar-refractivity contribution >= 4 is 62.1 Å². The van der Waals surface area contributed by atoms with E-state index >= 15 is 0 Å². The normalized spacial score (nSPS) is 20.8. The molecule has 53 heavy (non-hydrogen) atoms. The minimum atomic E-state index is -3.25. The lowest BCUT2D eigenvalue weighted by Crippen LogP contribution is -2.58. The van der Waals surface area contributed by atoms with E-state index < -0.39 is 42.6 Å². The molecular formula is C38H68O8Si7. The van der Waals surface area contributed by atoms with Crippen LogP contribution in [0.5, 0.6) is 0 Å². The molecule has 0 bridgehead atoms. The van der Waals surface area contributed by atoms with Gasteiger partial charge in [-0.2, -0.15) is 0 Å². The number of hydrogen-bond acceptors (Lipinski definition) is 8. The van der Waals surface area contributed by atoms with Gasteiger partial charge in [-0.15, -0.1) is 0 Å². The second kappa shape index (κ2) is 20.0. The molecule has 0 fully saturated rings. The first-order valence-corrected chi connectivity index (χ1v) is 36.4. The molecule has 0 saturated heterocycles. The topological polar surface area (TPSA) is 73.8 Å². The Morgan fingerprint density at radius 3 is 1.21 bits per heavy atom. The second-order valence-electron chi connectivity index (χ2n) is 17.2. The van der Waals surface area contributed by atoms with Crippen molar-refractivity contribution in [1.82, 2.24) is 0 Å². The van der Waals surface area contributed by atoms with Crippen LogP contribution >= 0.6 is 0 Å². The quantitative estimate of drug-likeness (QED) is 0.0664. The van der Waals surface area contributed by atoms with E-state index in [2.05, 4.69) is 76.2 Å². The Hall–Kier alpha value is -0.902. The Kier molecular flexibility index (Phi) is 16.3. The molecule has 5 aliphatic carbocycles. The second-order valence-corrected chi connectivity index (χ2v) is 37.7. The third-order valence-electron chi connectivity index (χ3n) is 10.3. The Balaban J connectivity index is 1.32. The fraction of sp³-hybridized carbons (Fsp3) is 0.737. The first-order chi connectivity index (χ1) is 25.2. The molecule has 0 aromatic carbocycles. The summed E-state index contributed by atoms with van der Waals surface area (Å²) in [4.78, 5) is 0. The lowest BCUT2D eigenvalue weighted by molar-refractivity contribution is 0.135. The number of rotatable bonds is 25. The van der Waals surface area contributed by atoms with Crippen LogP contribution in [-0.2, 0) is 34.5 Å². The van der Waals surface area contributed by atoms with Crippen molar-refractivity contribution < 1.29 is 34.5 Å². The first-order valence-electron chi connectivity index (χ1n) is 20.6. The fourth-order valence-corrected chi connectivity index (χ4v) is 36.6. The summed E-state index contributed by atoms with van der Waals surface area (Å²) in [5.41, 5.74) is 0. The molecule has 4 radical (unpaired) electrons. The van der Waals surface area contributed by atoms with Crippen LogP contribution in [0.15, 0.2) is 59.2 Å². The summed E-state index contributed by atoms with van der Waals surface area (Å²) in [6.07, 6.45) is 27.5. The van der Waals surface area contributed by atoms with Gasteiger partial charge < -0.3 is 34.5 Å². The minimum Gasteiger partial charge on any atom is -0.544 e. The molecule has 0 N–H and O–H groups in total. The van der Waals surface area contributed by atoms with Crippen molar-refractivity contribution in [1.29, 1.82) is 0 Å². The highest BCUT2D eigenvalue weighted by atomic mass is 28.5. The summed E-state index contributed by atoms with van der Waals surface area (Å²) < 4.78 is 55.4. The van der Waals surface area contributed by atoms with E-state index in [0.717, 1.165) is 131 Å². The summed E-state index contributed by atoms with van der Waals surface area (Å²) in [5.74, 6) is 5.47. The molecule has 15 heteroatoms. The standard InChI is InChI=1S/C38H68O8Si7/c1-49(2,30-28-47-39-34-18-8-9-19-34)44-51(5,6)46-52(7,45-50(3,4)31-29-48-40-35-20-10-11-21-35)32-33-53(41-36-22-12-13-23-36,42-37-24-14-15-25-37)43-38-26-16-17-27-38/h18,20,22,24,26H,8-17,19,21,23,25,27-33H2,1-7H3. The van der Waals surface area contributed by atoms with Crippen LogP contribution in [0.25, 0.3) is 0 Å². The van der Waals surface area contributed by atoms with Crippen LogP contribution in [-0.4, -0.2) is 62.1 Å². The predicted octanol–water partition coefficient (Wildman–Crippen LogP) is 11.7. The lowest BCUT2D eigenvalue weighted by atomic mass is 10.4. The van der Waals surface area contributed by atoms with Crippen LogP contribution in [0.4, 0.5) is 0 Å². The first kappa shape index (κ1) is 43.2. The van der Waals surface area contributed by atoms with Crippen molar-refractivity contribution in [3.63, 3.8) is 0 Å². The van der Waals surface area contributed by atoms with E-state index in [4.69, 9.17) is 34.5 Å². The Labute approximate surface area is 332 Å². The molecule has 8 nitrogen and oxygen atoms in total. The highest BCUT2D eigenvalue weighted by Crippen LogP contribution is 2.39. The van der Waals surface area contributed by atoms with Gasteiger partial charge in [0.1, 0.15) is 0 Å². The van der Waals surface area contributed by atoms with Crippen molar-refractivity contribution in [3.8, 4) is 0 Å². The van der Waals surface area contributed by atoms with Gasteiger partial charge in [-0.3, -0.25) is 0 Å². The molecule has 0 aromatic heterocycles. The molecule has 0 heterocycles. The monoisotopic (exact) mass is 848 g/mol. The highest BCUT2D eigenvalue weighted by molar-refractivity contribution is 6.90.